The summed E-state index contributed by atoms with van der Waals surface area (Å²) in [5.74, 6) is 0.886. The fourth-order valence-corrected chi connectivity index (χ4v) is 2.16. The monoisotopic (exact) mass is 356 g/mol. The van der Waals surface area contributed by atoms with Crippen LogP contribution in [0.25, 0.3) is 0 Å². The second-order valence-corrected chi connectivity index (χ2v) is 5.81. The van der Waals surface area contributed by atoms with Crippen LogP contribution in [0.2, 0.25) is 0 Å². The fourth-order valence-electron chi connectivity index (χ4n) is 2.16. The van der Waals surface area contributed by atoms with Crippen LogP contribution < -0.4 is 14.8 Å². The third-order valence-electron chi connectivity index (χ3n) is 3.75. The summed E-state index contributed by atoms with van der Waals surface area (Å²) in [7, 11) is 1.68. The van der Waals surface area contributed by atoms with Crippen molar-refractivity contribution in [2.24, 2.45) is 0 Å². The van der Waals surface area contributed by atoms with Crippen molar-refractivity contribution >= 4 is 11.8 Å². The van der Waals surface area contributed by atoms with E-state index in [1.54, 1.807) is 19.2 Å². The molecular weight excluding hydrogens is 332 g/mol. The zero-order valence-corrected chi connectivity index (χ0v) is 15.1. The number of nitrogens with one attached hydrogen (secondary N) is 1. The molecule has 6 heteroatoms. The van der Waals surface area contributed by atoms with Crippen molar-refractivity contribution in [2.45, 2.75) is 6.92 Å². The van der Waals surface area contributed by atoms with E-state index in [4.69, 9.17) is 9.47 Å². The highest BCUT2D eigenvalue weighted by Crippen LogP contribution is 2.15. The number of para-hydroxylation sites is 2. The van der Waals surface area contributed by atoms with Gasteiger partial charge in [0.2, 0.25) is 5.91 Å². The summed E-state index contributed by atoms with van der Waals surface area (Å²) in [6.45, 7) is 2.59. The molecule has 6 nitrogen and oxygen atoms in total. The average Bonchev–Trinajstić information content (AvgIpc) is 2.66. The maximum Gasteiger partial charge on any atom is 0.258 e. The van der Waals surface area contributed by atoms with Gasteiger partial charge in [-0.2, -0.15) is 0 Å². The molecule has 1 N–H and O–H groups in total. The molecule has 0 bridgehead atoms. The number of carbonyl (C=O) groups is 2. The first-order valence-corrected chi connectivity index (χ1v) is 8.43. The van der Waals surface area contributed by atoms with E-state index in [1.165, 1.54) is 4.90 Å². The summed E-state index contributed by atoms with van der Waals surface area (Å²) in [6.07, 6.45) is 0. The van der Waals surface area contributed by atoms with E-state index in [0.29, 0.717) is 18.9 Å². The van der Waals surface area contributed by atoms with Gasteiger partial charge in [0.25, 0.3) is 5.91 Å². The molecule has 0 radical (unpaired) electrons. The quantitative estimate of drug-likeness (QED) is 0.746. The van der Waals surface area contributed by atoms with Gasteiger partial charge in [0.05, 0.1) is 13.1 Å². The highest BCUT2D eigenvalue weighted by Gasteiger charge is 2.11. The van der Waals surface area contributed by atoms with E-state index in [2.05, 4.69) is 5.32 Å². The Labute approximate surface area is 153 Å². The summed E-state index contributed by atoms with van der Waals surface area (Å²) in [5, 5.41) is 2.55. The maximum absolute atomic E-state index is 12.0. The second-order valence-electron chi connectivity index (χ2n) is 5.81. The van der Waals surface area contributed by atoms with Crippen LogP contribution in [-0.2, 0) is 9.59 Å². The molecule has 2 rings (SSSR count). The summed E-state index contributed by atoms with van der Waals surface area (Å²) < 4.78 is 11.0. The number of aryl methyl sites for hydroxylation is 1. The molecule has 0 aliphatic carbocycles. The standard InChI is InChI=1S/C20H24N2O4/c1-16-8-6-7-11-18(16)25-13-12-22(2)20(24)14-21-19(23)15-26-17-9-4-3-5-10-17/h3-11H,12-15H2,1-2H3,(H,21,23). The van der Waals surface area contributed by atoms with E-state index in [-0.39, 0.29) is 25.0 Å². The predicted octanol–water partition coefficient (Wildman–Crippen LogP) is 2.03. The van der Waals surface area contributed by atoms with Crippen molar-refractivity contribution in [2.75, 3.05) is 33.4 Å². The zero-order chi connectivity index (χ0) is 18.8. The molecular formula is C20H24N2O4. The highest BCUT2D eigenvalue weighted by molar-refractivity contribution is 5.85. The SMILES string of the molecule is Cc1ccccc1OCCN(C)C(=O)CNC(=O)COc1ccccc1. The number of hydrogen-bond donors (Lipinski definition) is 1. The Bertz CT molecular complexity index is 719. The molecule has 0 fully saturated rings. The largest absolute Gasteiger partial charge is 0.491 e. The molecule has 138 valence electrons. The Hall–Kier alpha value is -3.02. The van der Waals surface area contributed by atoms with E-state index in [1.807, 2.05) is 49.4 Å². The number of rotatable bonds is 9. The molecule has 26 heavy (non-hydrogen) atoms. The third-order valence-corrected chi connectivity index (χ3v) is 3.75. The first-order valence-electron chi connectivity index (χ1n) is 8.43. The van der Waals surface area contributed by atoms with Crippen LogP contribution in [0.1, 0.15) is 5.56 Å². The molecule has 0 atom stereocenters. The summed E-state index contributed by atoms with van der Waals surface area (Å²) >= 11 is 0. The average molecular weight is 356 g/mol. The molecule has 0 aliphatic rings. The van der Waals surface area contributed by atoms with Gasteiger partial charge in [-0.05, 0) is 30.7 Å². The number of hydrogen-bond acceptors (Lipinski definition) is 4. The Balaban J connectivity index is 1.63. The minimum atomic E-state index is -0.341. The van der Waals surface area contributed by atoms with E-state index in [0.717, 1.165) is 11.3 Å². The number of carbonyl (C=O) groups excluding carboxylic acids is 2. The zero-order valence-electron chi connectivity index (χ0n) is 15.1. The van der Waals surface area contributed by atoms with Crippen molar-refractivity contribution in [3.05, 3.63) is 60.2 Å². The molecule has 0 saturated carbocycles. The number of ether oxygens (including phenoxy) is 2. The second kappa shape index (κ2) is 10.1. The summed E-state index contributed by atoms with van der Waals surface area (Å²) in [4.78, 5) is 25.3. The van der Waals surface area contributed by atoms with Gasteiger partial charge >= 0.3 is 0 Å². The van der Waals surface area contributed by atoms with E-state index >= 15 is 0 Å². The van der Waals surface area contributed by atoms with Crippen LogP contribution in [0.15, 0.2) is 54.6 Å². The molecule has 2 amide bonds. The van der Waals surface area contributed by atoms with Crippen LogP contribution in [0.4, 0.5) is 0 Å². The number of amides is 2. The summed E-state index contributed by atoms with van der Waals surface area (Å²) in [5.41, 5.74) is 1.05. The lowest BCUT2D eigenvalue weighted by atomic mass is 10.2. The summed E-state index contributed by atoms with van der Waals surface area (Å²) in [6, 6.07) is 16.8. The van der Waals surface area contributed by atoms with Crippen molar-refractivity contribution in [1.29, 1.82) is 0 Å². The first kappa shape index (κ1) is 19.3. The topological polar surface area (TPSA) is 67.9 Å². The molecule has 0 unspecified atom stereocenters. The van der Waals surface area contributed by atoms with Gasteiger partial charge in [-0.15, -0.1) is 0 Å². The van der Waals surface area contributed by atoms with Crippen LogP contribution in [0.3, 0.4) is 0 Å². The van der Waals surface area contributed by atoms with Crippen LogP contribution >= 0.6 is 0 Å². The van der Waals surface area contributed by atoms with Gasteiger partial charge in [0.15, 0.2) is 6.61 Å². The predicted molar refractivity (Wildman–Crippen MR) is 99.3 cm³/mol. The molecule has 2 aromatic carbocycles. The molecule has 0 aliphatic heterocycles. The van der Waals surface area contributed by atoms with Crippen molar-refractivity contribution in [3.8, 4) is 11.5 Å². The normalized spacial score (nSPS) is 10.1. The Kier molecular flexibility index (Phi) is 7.49. The van der Waals surface area contributed by atoms with Gasteiger partial charge in [0.1, 0.15) is 18.1 Å². The first-order chi connectivity index (χ1) is 12.6. The van der Waals surface area contributed by atoms with Crippen molar-refractivity contribution < 1.29 is 19.1 Å². The van der Waals surface area contributed by atoms with E-state index in [9.17, 15) is 9.59 Å². The number of benzene rings is 2. The lowest BCUT2D eigenvalue weighted by Crippen LogP contribution is -2.41. The molecule has 2 aromatic rings. The van der Waals surface area contributed by atoms with Gasteiger partial charge in [0, 0.05) is 7.05 Å². The maximum atomic E-state index is 12.0. The number of nitrogens with zero attached hydrogens (tertiary/aromatic N) is 1. The third kappa shape index (κ3) is 6.47. The molecule has 0 aromatic heterocycles. The highest BCUT2D eigenvalue weighted by atomic mass is 16.5. The van der Waals surface area contributed by atoms with Crippen LogP contribution in [0, 0.1) is 6.92 Å². The van der Waals surface area contributed by atoms with Gasteiger partial charge in [-0.1, -0.05) is 36.4 Å². The lowest BCUT2D eigenvalue weighted by molar-refractivity contribution is -0.132. The Morgan fingerprint density at radius 2 is 1.69 bits per heavy atom. The molecule has 0 heterocycles. The minimum Gasteiger partial charge on any atom is -0.491 e. The smallest absolute Gasteiger partial charge is 0.258 e. The number of likely N-dealkylation sites (N-methyl/N-ethyl adjacent to an activating group) is 1. The van der Waals surface area contributed by atoms with Crippen LogP contribution in [-0.4, -0.2) is 50.1 Å². The van der Waals surface area contributed by atoms with Crippen molar-refractivity contribution in [1.82, 2.24) is 10.2 Å². The van der Waals surface area contributed by atoms with Crippen LogP contribution in [0.5, 0.6) is 11.5 Å². The van der Waals surface area contributed by atoms with Gasteiger partial charge in [-0.3, -0.25) is 9.59 Å². The van der Waals surface area contributed by atoms with E-state index < -0.39 is 0 Å². The van der Waals surface area contributed by atoms with Gasteiger partial charge < -0.3 is 19.7 Å². The fraction of sp³-hybridized carbons (Fsp3) is 0.300. The molecule has 0 saturated heterocycles. The Morgan fingerprint density at radius 3 is 2.42 bits per heavy atom. The van der Waals surface area contributed by atoms with Gasteiger partial charge in [-0.25, -0.2) is 0 Å². The van der Waals surface area contributed by atoms with Crippen molar-refractivity contribution in [3.63, 3.8) is 0 Å². The lowest BCUT2D eigenvalue weighted by Gasteiger charge is -2.18. The molecule has 0 spiro atoms. The minimum absolute atomic E-state index is 0.0716. The Morgan fingerprint density at radius 1 is 1.00 bits per heavy atom.